The highest BCUT2D eigenvalue weighted by Crippen LogP contribution is 2.42. The number of carboxylic acids is 1. The van der Waals surface area contributed by atoms with Crippen LogP contribution in [0.5, 0.6) is 0 Å². The van der Waals surface area contributed by atoms with Crippen molar-refractivity contribution in [2.45, 2.75) is 24.6 Å². The molecule has 0 radical (unpaired) electrons. The second-order valence-corrected chi connectivity index (χ2v) is 4.69. The van der Waals surface area contributed by atoms with Crippen LogP contribution in [0.15, 0.2) is 12.7 Å². The molecule has 108 valence electrons. The summed E-state index contributed by atoms with van der Waals surface area (Å²) in [6.07, 6.45) is -1.47. The van der Waals surface area contributed by atoms with E-state index in [1.54, 1.807) is 0 Å². The molecule has 0 bridgehead atoms. The fourth-order valence-electron chi connectivity index (χ4n) is 2.18. The maximum absolute atomic E-state index is 11.2. The van der Waals surface area contributed by atoms with Crippen molar-refractivity contribution in [1.82, 2.24) is 4.90 Å². The van der Waals surface area contributed by atoms with E-state index in [0.29, 0.717) is 5.92 Å². The molecular formula is C11H15F3N2O3. The molecule has 1 aliphatic heterocycles. The molecule has 2 rings (SSSR count). The number of likely N-dealkylation sites (tertiary alicyclic amines) is 1. The van der Waals surface area contributed by atoms with Crippen LogP contribution in [0.1, 0.15) is 12.8 Å². The summed E-state index contributed by atoms with van der Waals surface area (Å²) < 4.78 is 31.7. The van der Waals surface area contributed by atoms with Crippen molar-refractivity contribution >= 4 is 11.9 Å². The summed E-state index contributed by atoms with van der Waals surface area (Å²) in [6.45, 7) is 5.03. The van der Waals surface area contributed by atoms with E-state index in [2.05, 4.69) is 6.58 Å². The van der Waals surface area contributed by atoms with Gasteiger partial charge in [-0.15, -0.1) is 0 Å². The molecule has 0 aromatic carbocycles. The Balaban J connectivity index is 0.000000224. The summed E-state index contributed by atoms with van der Waals surface area (Å²) in [4.78, 5) is 21.9. The van der Waals surface area contributed by atoms with E-state index in [1.807, 2.05) is 4.90 Å². The average molecular weight is 280 g/mol. The van der Waals surface area contributed by atoms with Crippen LogP contribution in [0, 0.1) is 5.92 Å². The van der Waals surface area contributed by atoms with Gasteiger partial charge in [-0.1, -0.05) is 6.58 Å². The zero-order valence-electron chi connectivity index (χ0n) is 10.1. The van der Waals surface area contributed by atoms with Gasteiger partial charge in [0.1, 0.15) is 0 Å². The number of nitrogens with two attached hydrogens (primary N) is 1. The van der Waals surface area contributed by atoms with Crippen LogP contribution >= 0.6 is 0 Å². The SMILES string of the molecule is C=CC(=O)N1C[C@@H]2CC[C@]2(N)C1.O=C(O)C(F)(F)F. The number of rotatable bonds is 1. The minimum atomic E-state index is -5.08. The standard InChI is InChI=1S/C9H14N2O.C2HF3O2/c1-2-8(12)11-5-7-3-4-9(7,10)6-11;3-2(4,5)1(6)7/h2,7H,1,3-6,10H2;(H,6,7)/t7-,9-;/m0./s1. The first kappa shape index (κ1) is 15.5. The van der Waals surface area contributed by atoms with E-state index in [9.17, 15) is 18.0 Å². The Morgan fingerprint density at radius 2 is 2.00 bits per heavy atom. The zero-order valence-corrected chi connectivity index (χ0v) is 10.1. The van der Waals surface area contributed by atoms with Gasteiger partial charge >= 0.3 is 12.1 Å². The molecule has 2 aliphatic rings. The number of halogens is 3. The van der Waals surface area contributed by atoms with E-state index < -0.39 is 12.1 Å². The van der Waals surface area contributed by atoms with Gasteiger partial charge in [-0.25, -0.2) is 4.79 Å². The van der Waals surface area contributed by atoms with Crippen molar-refractivity contribution < 1.29 is 27.9 Å². The topological polar surface area (TPSA) is 83.6 Å². The number of alkyl halides is 3. The van der Waals surface area contributed by atoms with E-state index in [0.717, 1.165) is 19.5 Å². The first-order chi connectivity index (χ1) is 8.60. The molecule has 19 heavy (non-hydrogen) atoms. The number of carbonyl (C=O) groups is 2. The molecule has 0 aromatic rings. The number of carboxylic acid groups (broad SMARTS) is 1. The van der Waals surface area contributed by atoms with Gasteiger partial charge in [0.2, 0.25) is 5.91 Å². The second-order valence-electron chi connectivity index (χ2n) is 4.69. The molecule has 0 spiro atoms. The fourth-order valence-corrected chi connectivity index (χ4v) is 2.18. The molecule has 2 fully saturated rings. The summed E-state index contributed by atoms with van der Waals surface area (Å²) >= 11 is 0. The molecule has 1 amide bonds. The molecule has 0 aromatic heterocycles. The average Bonchev–Trinajstić information content (AvgIpc) is 2.52. The Bertz CT molecular complexity index is 397. The Labute approximate surface area is 107 Å². The highest BCUT2D eigenvalue weighted by molar-refractivity contribution is 5.87. The molecular weight excluding hydrogens is 265 g/mol. The van der Waals surface area contributed by atoms with Gasteiger partial charge in [0.25, 0.3) is 0 Å². The lowest BCUT2D eigenvalue weighted by atomic mass is 9.70. The number of aliphatic carboxylic acids is 1. The summed E-state index contributed by atoms with van der Waals surface area (Å²) in [5.74, 6) is -2.19. The number of hydrogen-bond donors (Lipinski definition) is 2. The van der Waals surface area contributed by atoms with Gasteiger partial charge in [-0.05, 0) is 24.8 Å². The zero-order chi connectivity index (χ0) is 14.8. The van der Waals surface area contributed by atoms with Crippen LogP contribution in [0.3, 0.4) is 0 Å². The third kappa shape index (κ3) is 3.46. The maximum Gasteiger partial charge on any atom is 0.490 e. The van der Waals surface area contributed by atoms with Crippen LogP contribution < -0.4 is 5.73 Å². The molecule has 1 saturated carbocycles. The monoisotopic (exact) mass is 280 g/mol. The smallest absolute Gasteiger partial charge is 0.475 e. The fraction of sp³-hybridized carbons (Fsp3) is 0.636. The van der Waals surface area contributed by atoms with Gasteiger partial charge < -0.3 is 15.7 Å². The molecule has 3 N–H and O–H groups in total. The highest BCUT2D eigenvalue weighted by atomic mass is 19.4. The minimum absolute atomic E-state index is 0.0224. The van der Waals surface area contributed by atoms with Gasteiger partial charge in [-0.2, -0.15) is 13.2 Å². The molecule has 8 heteroatoms. The third-order valence-electron chi connectivity index (χ3n) is 3.43. The predicted molar refractivity (Wildman–Crippen MR) is 60.1 cm³/mol. The van der Waals surface area contributed by atoms with Crippen molar-refractivity contribution in [3.63, 3.8) is 0 Å². The summed E-state index contributed by atoms with van der Waals surface area (Å²) in [6, 6.07) is 0. The van der Waals surface area contributed by atoms with Crippen LogP contribution in [-0.2, 0) is 9.59 Å². The predicted octanol–water partition coefficient (Wildman–Crippen LogP) is 0.755. The molecule has 1 aliphatic carbocycles. The molecule has 1 saturated heterocycles. The largest absolute Gasteiger partial charge is 0.490 e. The highest BCUT2D eigenvalue weighted by Gasteiger charge is 2.50. The van der Waals surface area contributed by atoms with Gasteiger partial charge in [0.15, 0.2) is 0 Å². The summed E-state index contributed by atoms with van der Waals surface area (Å²) in [5.41, 5.74) is 6.01. The third-order valence-corrected chi connectivity index (χ3v) is 3.43. The van der Waals surface area contributed by atoms with Crippen molar-refractivity contribution in [2.24, 2.45) is 11.7 Å². The first-order valence-corrected chi connectivity index (χ1v) is 5.60. The lowest BCUT2D eigenvalue weighted by Crippen LogP contribution is -2.54. The lowest BCUT2D eigenvalue weighted by Gasteiger charge is -2.39. The quantitative estimate of drug-likeness (QED) is 0.694. The number of fused-ring (bicyclic) bond motifs is 1. The Hall–Kier alpha value is -1.57. The van der Waals surface area contributed by atoms with Crippen LogP contribution in [0.4, 0.5) is 13.2 Å². The maximum atomic E-state index is 11.2. The van der Waals surface area contributed by atoms with Crippen molar-refractivity contribution in [1.29, 1.82) is 0 Å². The summed E-state index contributed by atoms with van der Waals surface area (Å²) in [5, 5.41) is 7.12. The van der Waals surface area contributed by atoms with E-state index in [1.165, 1.54) is 12.5 Å². The number of nitrogens with zero attached hydrogens (tertiary/aromatic N) is 1. The van der Waals surface area contributed by atoms with Crippen LogP contribution in [-0.4, -0.2) is 46.7 Å². The molecule has 0 unspecified atom stereocenters. The van der Waals surface area contributed by atoms with Crippen molar-refractivity contribution in [2.75, 3.05) is 13.1 Å². The van der Waals surface area contributed by atoms with E-state index in [-0.39, 0.29) is 11.4 Å². The number of hydrogen-bond acceptors (Lipinski definition) is 3. The summed E-state index contributed by atoms with van der Waals surface area (Å²) in [7, 11) is 0. The van der Waals surface area contributed by atoms with Crippen LogP contribution in [0.2, 0.25) is 0 Å². The minimum Gasteiger partial charge on any atom is -0.475 e. The molecule has 5 nitrogen and oxygen atoms in total. The van der Waals surface area contributed by atoms with E-state index >= 15 is 0 Å². The molecule has 1 heterocycles. The Morgan fingerprint density at radius 3 is 2.21 bits per heavy atom. The second kappa shape index (κ2) is 5.20. The number of amides is 1. The van der Waals surface area contributed by atoms with Crippen LogP contribution in [0.25, 0.3) is 0 Å². The van der Waals surface area contributed by atoms with E-state index in [4.69, 9.17) is 15.6 Å². The molecule has 2 atom stereocenters. The number of carbonyl (C=O) groups excluding carboxylic acids is 1. The van der Waals surface area contributed by atoms with Gasteiger partial charge in [0, 0.05) is 18.6 Å². The van der Waals surface area contributed by atoms with Gasteiger partial charge in [-0.3, -0.25) is 4.79 Å². The first-order valence-electron chi connectivity index (χ1n) is 5.60. The van der Waals surface area contributed by atoms with Crippen molar-refractivity contribution in [3.05, 3.63) is 12.7 Å². The lowest BCUT2D eigenvalue weighted by molar-refractivity contribution is -0.192. The Morgan fingerprint density at radius 1 is 1.47 bits per heavy atom. The van der Waals surface area contributed by atoms with Crippen molar-refractivity contribution in [3.8, 4) is 0 Å². The van der Waals surface area contributed by atoms with Gasteiger partial charge in [0.05, 0.1) is 0 Å². The normalized spacial score (nSPS) is 28.6. The Kier molecular flexibility index (Phi) is 4.24.